The number of ether oxygens (including phenoxy) is 4. The second-order valence-electron chi connectivity index (χ2n) is 9.35. The number of thiazole rings is 1. The molecule has 1 aromatic heterocycles. The van der Waals surface area contributed by atoms with Gasteiger partial charge in [-0.05, 0) is 118 Å². The van der Waals surface area contributed by atoms with Gasteiger partial charge in [0.05, 0.1) is 40.0 Å². The molecule has 4 aromatic rings. The Hall–Kier alpha value is -3.17. The van der Waals surface area contributed by atoms with Crippen molar-refractivity contribution in [1.82, 2.24) is 4.57 Å². The summed E-state index contributed by atoms with van der Waals surface area (Å²) in [5, 5.41) is 0. The molecule has 11 heteroatoms. The molecule has 0 unspecified atom stereocenters. The molecule has 1 aliphatic rings. The molecule has 5 rings (SSSR count). The van der Waals surface area contributed by atoms with Crippen LogP contribution in [0.3, 0.4) is 0 Å². The molecule has 0 bridgehead atoms. The van der Waals surface area contributed by atoms with Gasteiger partial charge in [-0.1, -0.05) is 35.6 Å². The Kier molecular flexibility index (Phi) is 10.2. The van der Waals surface area contributed by atoms with Crippen LogP contribution in [0.15, 0.2) is 82.2 Å². The number of hydrogen-bond acceptors (Lipinski definition) is 8. The number of benzene rings is 3. The maximum Gasteiger partial charge on any atom is 0.337 e. The predicted molar refractivity (Wildman–Crippen MR) is 183 cm³/mol. The maximum absolute atomic E-state index is 13.9. The number of hydrogen-bond donors (Lipinski definition) is 0. The van der Waals surface area contributed by atoms with Crippen molar-refractivity contribution < 1.29 is 23.7 Å². The quantitative estimate of drug-likeness (QED) is 0.153. The van der Waals surface area contributed by atoms with E-state index in [2.05, 4.69) is 62.3 Å². The van der Waals surface area contributed by atoms with Crippen molar-refractivity contribution >= 4 is 68.6 Å². The van der Waals surface area contributed by atoms with Crippen LogP contribution in [0.5, 0.6) is 17.2 Å². The molecule has 2 heterocycles. The van der Waals surface area contributed by atoms with Gasteiger partial charge in [0.25, 0.3) is 5.56 Å². The minimum Gasteiger partial charge on any atom is -0.490 e. The zero-order valence-electron chi connectivity index (χ0n) is 23.6. The van der Waals surface area contributed by atoms with Gasteiger partial charge >= 0.3 is 5.97 Å². The highest BCUT2D eigenvalue weighted by Gasteiger charge is 2.31. The highest BCUT2D eigenvalue weighted by atomic mass is 127. The van der Waals surface area contributed by atoms with Crippen molar-refractivity contribution in [3.05, 3.63) is 116 Å². The first-order valence-corrected chi connectivity index (χ1v) is 16.5. The van der Waals surface area contributed by atoms with Crippen LogP contribution in [0.2, 0.25) is 0 Å². The van der Waals surface area contributed by atoms with E-state index in [1.54, 1.807) is 12.1 Å². The fourth-order valence-electron chi connectivity index (χ4n) is 4.60. The van der Waals surface area contributed by atoms with Gasteiger partial charge in [-0.3, -0.25) is 9.36 Å². The average molecular weight is 822 g/mol. The molecular weight excluding hydrogens is 794 g/mol. The fraction of sp³-hybridized carbons (Fsp3) is 0.219. The number of carbonyl (C=O) groups excluding carboxylic acids is 1. The third-order valence-corrected chi connectivity index (χ3v) is 9.13. The van der Waals surface area contributed by atoms with Gasteiger partial charge in [0.15, 0.2) is 16.3 Å². The normalized spacial score (nSPS) is 14.4. The van der Waals surface area contributed by atoms with Crippen LogP contribution in [0, 0.1) is 7.14 Å². The summed E-state index contributed by atoms with van der Waals surface area (Å²) < 4.78 is 26.8. The van der Waals surface area contributed by atoms with Gasteiger partial charge in [0, 0.05) is 9.77 Å². The largest absolute Gasteiger partial charge is 0.490 e. The fourth-order valence-corrected chi connectivity index (χ4v) is 6.63. The molecule has 0 spiro atoms. The molecule has 3 aromatic carbocycles. The second kappa shape index (κ2) is 14.1. The zero-order valence-corrected chi connectivity index (χ0v) is 28.8. The standard InChI is InChI=1S/C32H28I2N2O6S/c1-4-40-26-13-9-21(16-27(26)41-5-2)29-23(31(38)39-3)17-35-32-36(29)30(37)28(43-32)15-20-8-12-25(24(34)14-20)42-18-19-6-10-22(33)11-7-19/h6-17,29H,4-5,18H2,1-3H3/b28-15-/t29-/m1/s1. The Bertz CT molecular complexity index is 1860. The molecule has 1 aliphatic heterocycles. The number of fused-ring (bicyclic) bond motifs is 1. The van der Waals surface area contributed by atoms with Gasteiger partial charge in [0.2, 0.25) is 0 Å². The Morgan fingerprint density at radius 3 is 2.37 bits per heavy atom. The lowest BCUT2D eigenvalue weighted by Crippen LogP contribution is -2.39. The maximum atomic E-state index is 13.9. The monoisotopic (exact) mass is 822 g/mol. The van der Waals surface area contributed by atoms with Crippen LogP contribution in [0.25, 0.3) is 6.08 Å². The topological polar surface area (TPSA) is 88.4 Å². The molecule has 0 saturated heterocycles. The van der Waals surface area contributed by atoms with Crippen molar-refractivity contribution in [3.8, 4) is 17.2 Å². The summed E-state index contributed by atoms with van der Waals surface area (Å²) in [5.41, 5.74) is 2.60. The summed E-state index contributed by atoms with van der Waals surface area (Å²) in [4.78, 5) is 31.7. The predicted octanol–water partition coefficient (Wildman–Crippen LogP) is 5.60. The summed E-state index contributed by atoms with van der Waals surface area (Å²) in [7, 11) is 1.31. The lowest BCUT2D eigenvalue weighted by atomic mass is 9.97. The van der Waals surface area contributed by atoms with E-state index in [-0.39, 0.29) is 11.1 Å². The highest BCUT2D eigenvalue weighted by molar-refractivity contribution is 14.1. The number of rotatable bonds is 10. The van der Waals surface area contributed by atoms with Crippen molar-refractivity contribution in [1.29, 1.82) is 0 Å². The van der Waals surface area contributed by atoms with Crippen molar-refractivity contribution in [3.63, 3.8) is 0 Å². The Balaban J connectivity index is 1.51. The molecule has 0 N–H and O–H groups in total. The third-order valence-electron chi connectivity index (χ3n) is 6.57. The molecule has 0 radical (unpaired) electrons. The van der Waals surface area contributed by atoms with E-state index in [9.17, 15) is 9.59 Å². The molecule has 8 nitrogen and oxygen atoms in total. The first kappa shape index (κ1) is 31.3. The van der Waals surface area contributed by atoms with Crippen molar-refractivity contribution in [2.45, 2.75) is 26.5 Å². The first-order chi connectivity index (χ1) is 20.8. The molecule has 43 heavy (non-hydrogen) atoms. The van der Waals surface area contributed by atoms with Crippen LogP contribution in [-0.4, -0.2) is 30.9 Å². The summed E-state index contributed by atoms with van der Waals surface area (Å²) in [6.07, 6.45) is 3.31. The van der Waals surface area contributed by atoms with Crippen molar-refractivity contribution in [2.24, 2.45) is 4.99 Å². The highest BCUT2D eigenvalue weighted by Crippen LogP contribution is 2.35. The van der Waals surface area contributed by atoms with E-state index in [0.29, 0.717) is 46.2 Å². The molecular formula is C32H28I2N2O6S. The molecule has 0 saturated carbocycles. The molecule has 1 atom stereocenters. The van der Waals surface area contributed by atoms with Crippen LogP contribution >= 0.6 is 56.5 Å². The van der Waals surface area contributed by atoms with Gasteiger partial charge < -0.3 is 18.9 Å². The van der Waals surface area contributed by atoms with Crippen molar-refractivity contribution in [2.75, 3.05) is 20.3 Å². The van der Waals surface area contributed by atoms with Gasteiger partial charge in [0.1, 0.15) is 12.4 Å². The van der Waals surface area contributed by atoms with Gasteiger partial charge in [-0.25, -0.2) is 9.79 Å². The summed E-state index contributed by atoms with van der Waals surface area (Å²) in [6, 6.07) is 18.7. The van der Waals surface area contributed by atoms with Crippen LogP contribution < -0.4 is 29.1 Å². The van der Waals surface area contributed by atoms with E-state index in [0.717, 1.165) is 20.4 Å². The average Bonchev–Trinajstić information content (AvgIpc) is 3.32. The number of carbonyl (C=O) groups is 1. The van der Waals surface area contributed by atoms with Gasteiger partial charge in [-0.15, -0.1) is 0 Å². The van der Waals surface area contributed by atoms with E-state index in [1.807, 2.05) is 56.3 Å². The SMILES string of the molecule is CCOc1ccc([C@@H]2C(C(=O)OC)=CN=c3s/c(=C\c4ccc(OCc5ccc(I)cc5)c(I)c4)c(=O)n32)cc1OCC. The number of methoxy groups -OCH3 is 1. The smallest absolute Gasteiger partial charge is 0.337 e. The van der Waals surface area contributed by atoms with E-state index in [4.69, 9.17) is 18.9 Å². The van der Waals surface area contributed by atoms with E-state index in [1.165, 1.54) is 32.8 Å². The van der Waals surface area contributed by atoms with E-state index >= 15 is 0 Å². The van der Waals surface area contributed by atoms with Crippen LogP contribution in [0.1, 0.15) is 36.6 Å². The second-order valence-corrected chi connectivity index (χ2v) is 12.8. The van der Waals surface area contributed by atoms with Crippen LogP contribution in [0.4, 0.5) is 0 Å². The summed E-state index contributed by atoms with van der Waals surface area (Å²) >= 11 is 5.78. The molecule has 0 amide bonds. The Labute approximate surface area is 279 Å². The molecule has 0 fully saturated rings. The number of aromatic nitrogens is 1. The van der Waals surface area contributed by atoms with E-state index < -0.39 is 12.0 Å². The number of esters is 1. The van der Waals surface area contributed by atoms with Crippen LogP contribution in [-0.2, 0) is 16.1 Å². The summed E-state index contributed by atoms with van der Waals surface area (Å²) in [6.45, 7) is 5.15. The third kappa shape index (κ3) is 6.99. The Morgan fingerprint density at radius 2 is 1.67 bits per heavy atom. The lowest BCUT2D eigenvalue weighted by molar-refractivity contribution is -0.136. The van der Waals surface area contributed by atoms with Gasteiger partial charge in [-0.2, -0.15) is 0 Å². The summed E-state index contributed by atoms with van der Waals surface area (Å²) in [5.74, 6) is 1.32. The molecule has 222 valence electrons. The number of nitrogens with zero attached hydrogens (tertiary/aromatic N) is 2. The minimum absolute atomic E-state index is 0.247. The Morgan fingerprint density at radius 1 is 0.953 bits per heavy atom. The number of halogens is 2. The zero-order chi connectivity index (χ0) is 30.5. The lowest BCUT2D eigenvalue weighted by Gasteiger charge is -2.23. The molecule has 0 aliphatic carbocycles. The first-order valence-electron chi connectivity index (χ1n) is 13.5. The minimum atomic E-state index is -0.752.